The molecule has 0 aromatic carbocycles. The van der Waals surface area contributed by atoms with Crippen molar-refractivity contribution in [1.29, 1.82) is 0 Å². The molecule has 1 aromatic heterocycles. The number of halogens is 1. The Morgan fingerprint density at radius 3 is 2.67 bits per heavy atom. The van der Waals surface area contributed by atoms with Gasteiger partial charge >= 0.3 is 0 Å². The van der Waals surface area contributed by atoms with Crippen LogP contribution in [0.3, 0.4) is 0 Å². The van der Waals surface area contributed by atoms with Gasteiger partial charge in [-0.15, -0.1) is 24.0 Å². The molecule has 2 N–H and O–H groups in total. The van der Waals surface area contributed by atoms with E-state index in [1.54, 1.807) is 0 Å². The fourth-order valence-corrected chi connectivity index (χ4v) is 4.08. The Bertz CT molecular complexity index is 598. The lowest BCUT2D eigenvalue weighted by molar-refractivity contribution is 0.122. The standard InChI is InChI=1S/C20H33N5O.HI/c1-3-20(8-4-5-9-20)16-24-19(21-2)23-15-17-7-6-10-22-18(17)25-11-13-26-14-12-25;/h6-7,10H,3-5,8-9,11-16H2,1-2H3,(H2,21,23,24);1H. The smallest absolute Gasteiger partial charge is 0.191 e. The lowest BCUT2D eigenvalue weighted by atomic mass is 9.83. The molecule has 0 atom stereocenters. The molecule has 1 aliphatic carbocycles. The largest absolute Gasteiger partial charge is 0.378 e. The Morgan fingerprint density at radius 1 is 1.26 bits per heavy atom. The molecule has 3 rings (SSSR count). The zero-order chi connectivity index (χ0) is 18.2. The maximum Gasteiger partial charge on any atom is 0.191 e. The summed E-state index contributed by atoms with van der Waals surface area (Å²) in [5.41, 5.74) is 1.65. The molecule has 0 amide bonds. The highest BCUT2D eigenvalue weighted by Gasteiger charge is 2.31. The summed E-state index contributed by atoms with van der Waals surface area (Å²) >= 11 is 0. The van der Waals surface area contributed by atoms with Gasteiger partial charge in [-0.2, -0.15) is 0 Å². The topological polar surface area (TPSA) is 61.8 Å². The van der Waals surface area contributed by atoms with Gasteiger partial charge in [0, 0.05) is 45.0 Å². The SMILES string of the molecule is CCC1(CNC(=NC)NCc2cccnc2N2CCOCC2)CCCC1.I. The normalized spacial score (nSPS) is 19.5. The first-order valence-corrected chi connectivity index (χ1v) is 9.97. The van der Waals surface area contributed by atoms with Crippen LogP contribution in [0.4, 0.5) is 5.82 Å². The summed E-state index contributed by atoms with van der Waals surface area (Å²) in [7, 11) is 1.84. The molecule has 27 heavy (non-hydrogen) atoms. The molecule has 2 fully saturated rings. The van der Waals surface area contributed by atoms with Crippen LogP contribution in [-0.2, 0) is 11.3 Å². The number of anilines is 1. The molecule has 7 heteroatoms. The lowest BCUT2D eigenvalue weighted by Crippen LogP contribution is -2.43. The number of pyridine rings is 1. The predicted molar refractivity (Wildman–Crippen MR) is 122 cm³/mol. The first-order chi connectivity index (χ1) is 12.8. The van der Waals surface area contributed by atoms with Crippen LogP contribution in [0.25, 0.3) is 0 Å². The van der Waals surface area contributed by atoms with Gasteiger partial charge in [0.15, 0.2) is 5.96 Å². The van der Waals surface area contributed by atoms with Gasteiger partial charge in [0.2, 0.25) is 0 Å². The number of nitrogens with one attached hydrogen (secondary N) is 2. The molecule has 1 saturated carbocycles. The maximum absolute atomic E-state index is 5.46. The van der Waals surface area contributed by atoms with Gasteiger partial charge in [-0.05, 0) is 30.7 Å². The van der Waals surface area contributed by atoms with E-state index >= 15 is 0 Å². The zero-order valence-electron chi connectivity index (χ0n) is 16.7. The van der Waals surface area contributed by atoms with Gasteiger partial charge in [0.25, 0.3) is 0 Å². The van der Waals surface area contributed by atoms with E-state index in [-0.39, 0.29) is 24.0 Å². The molecular formula is C20H34IN5O. The Kier molecular flexibility index (Phi) is 9.08. The van der Waals surface area contributed by atoms with Gasteiger partial charge in [-0.3, -0.25) is 4.99 Å². The van der Waals surface area contributed by atoms with Crippen LogP contribution in [0.1, 0.15) is 44.6 Å². The molecular weight excluding hydrogens is 453 g/mol. The van der Waals surface area contributed by atoms with Gasteiger partial charge in [0.1, 0.15) is 5.82 Å². The summed E-state index contributed by atoms with van der Waals surface area (Å²) in [6.07, 6.45) is 8.49. The van der Waals surface area contributed by atoms with Crippen molar-refractivity contribution in [2.75, 3.05) is 44.8 Å². The average molecular weight is 487 g/mol. The second kappa shape index (κ2) is 11.0. The summed E-state index contributed by atoms with van der Waals surface area (Å²) < 4.78 is 5.46. The quantitative estimate of drug-likeness (QED) is 0.367. The van der Waals surface area contributed by atoms with E-state index in [2.05, 4.69) is 38.5 Å². The Balaban J connectivity index is 0.00000261. The minimum Gasteiger partial charge on any atom is -0.378 e. The van der Waals surface area contributed by atoms with Gasteiger partial charge in [-0.1, -0.05) is 25.8 Å². The molecule has 0 radical (unpaired) electrons. The first-order valence-electron chi connectivity index (χ1n) is 9.97. The summed E-state index contributed by atoms with van der Waals surface area (Å²) in [6, 6.07) is 4.14. The zero-order valence-corrected chi connectivity index (χ0v) is 19.0. The van der Waals surface area contributed by atoms with E-state index in [1.807, 2.05) is 19.3 Å². The lowest BCUT2D eigenvalue weighted by Gasteiger charge is -2.30. The second-order valence-corrected chi connectivity index (χ2v) is 7.43. The monoisotopic (exact) mass is 487 g/mol. The minimum atomic E-state index is 0. The number of nitrogens with zero attached hydrogens (tertiary/aromatic N) is 3. The second-order valence-electron chi connectivity index (χ2n) is 7.43. The predicted octanol–water partition coefficient (Wildman–Crippen LogP) is 3.17. The third kappa shape index (κ3) is 5.94. The highest BCUT2D eigenvalue weighted by Crippen LogP contribution is 2.40. The molecule has 152 valence electrons. The summed E-state index contributed by atoms with van der Waals surface area (Å²) in [5.74, 6) is 1.93. The van der Waals surface area contributed by atoms with Crippen LogP contribution >= 0.6 is 24.0 Å². The first kappa shape index (κ1) is 22.2. The fourth-order valence-electron chi connectivity index (χ4n) is 4.08. The Morgan fingerprint density at radius 2 is 2.00 bits per heavy atom. The number of aromatic nitrogens is 1. The number of guanidine groups is 1. The van der Waals surface area contributed by atoms with Crippen molar-refractivity contribution < 1.29 is 4.74 Å². The van der Waals surface area contributed by atoms with Gasteiger partial charge < -0.3 is 20.3 Å². The number of ether oxygens (including phenoxy) is 1. The van der Waals surface area contributed by atoms with Crippen LogP contribution in [-0.4, -0.2) is 50.8 Å². The number of morpholine rings is 1. The highest BCUT2D eigenvalue weighted by atomic mass is 127. The average Bonchev–Trinajstić information content (AvgIpc) is 3.18. The van der Waals surface area contributed by atoms with Crippen molar-refractivity contribution in [2.24, 2.45) is 10.4 Å². The van der Waals surface area contributed by atoms with Crippen LogP contribution in [0.5, 0.6) is 0 Å². The van der Waals surface area contributed by atoms with Crippen molar-refractivity contribution >= 4 is 35.8 Å². The maximum atomic E-state index is 5.46. The fraction of sp³-hybridized carbons (Fsp3) is 0.700. The molecule has 2 aliphatic rings. The third-order valence-corrected chi connectivity index (χ3v) is 5.89. The molecule has 1 saturated heterocycles. The summed E-state index contributed by atoms with van der Waals surface area (Å²) in [4.78, 5) is 11.3. The Labute approximate surface area is 180 Å². The van der Waals surface area contributed by atoms with Crippen LogP contribution in [0.2, 0.25) is 0 Å². The third-order valence-electron chi connectivity index (χ3n) is 5.89. The van der Waals surface area contributed by atoms with Crippen LogP contribution < -0.4 is 15.5 Å². The van der Waals surface area contributed by atoms with E-state index in [0.29, 0.717) is 5.41 Å². The number of aliphatic imine (C=N–C) groups is 1. The molecule has 2 heterocycles. The highest BCUT2D eigenvalue weighted by molar-refractivity contribution is 14.0. The van der Waals surface area contributed by atoms with E-state index in [0.717, 1.165) is 51.2 Å². The molecule has 6 nitrogen and oxygen atoms in total. The number of hydrogen-bond donors (Lipinski definition) is 2. The van der Waals surface area contributed by atoms with E-state index < -0.39 is 0 Å². The molecule has 0 bridgehead atoms. The van der Waals surface area contributed by atoms with Crippen LogP contribution in [0, 0.1) is 5.41 Å². The summed E-state index contributed by atoms with van der Waals surface area (Å²) in [5, 5.41) is 7.03. The van der Waals surface area contributed by atoms with E-state index in [9.17, 15) is 0 Å². The van der Waals surface area contributed by atoms with Crippen LogP contribution in [0.15, 0.2) is 23.3 Å². The van der Waals surface area contributed by atoms with Crippen molar-refractivity contribution in [3.63, 3.8) is 0 Å². The molecule has 1 aromatic rings. The number of hydrogen-bond acceptors (Lipinski definition) is 4. The summed E-state index contributed by atoms with van der Waals surface area (Å²) in [6.45, 7) is 7.38. The van der Waals surface area contributed by atoms with E-state index in [4.69, 9.17) is 4.74 Å². The van der Waals surface area contributed by atoms with E-state index in [1.165, 1.54) is 37.7 Å². The van der Waals surface area contributed by atoms with Crippen molar-refractivity contribution in [2.45, 2.75) is 45.6 Å². The molecule has 0 spiro atoms. The minimum absolute atomic E-state index is 0. The van der Waals surface area contributed by atoms with Gasteiger partial charge in [-0.25, -0.2) is 4.98 Å². The number of rotatable bonds is 6. The van der Waals surface area contributed by atoms with Crippen molar-refractivity contribution in [3.8, 4) is 0 Å². The Hall–Kier alpha value is -1.09. The van der Waals surface area contributed by atoms with Gasteiger partial charge in [0.05, 0.1) is 13.2 Å². The van der Waals surface area contributed by atoms with Crippen molar-refractivity contribution in [1.82, 2.24) is 15.6 Å². The van der Waals surface area contributed by atoms with Crippen molar-refractivity contribution in [3.05, 3.63) is 23.9 Å². The molecule has 1 aliphatic heterocycles. The molecule has 0 unspecified atom stereocenters.